The fourth-order valence-electron chi connectivity index (χ4n) is 3.44. The van der Waals surface area contributed by atoms with Crippen molar-refractivity contribution in [2.24, 2.45) is 11.8 Å². The maximum Gasteiger partial charge on any atom is 0.410 e. The molecular formula is C19H36N2O4. The molecule has 25 heavy (non-hydrogen) atoms. The van der Waals surface area contributed by atoms with Gasteiger partial charge in [-0.05, 0) is 46.0 Å². The van der Waals surface area contributed by atoms with E-state index in [1.54, 1.807) is 31.0 Å². The molecule has 2 atom stereocenters. The molecule has 1 aliphatic rings. The predicted molar refractivity (Wildman–Crippen MR) is 98.4 cm³/mol. The third kappa shape index (κ3) is 5.87. The van der Waals surface area contributed by atoms with Gasteiger partial charge in [0.1, 0.15) is 5.60 Å². The molecule has 0 spiro atoms. The van der Waals surface area contributed by atoms with E-state index in [4.69, 9.17) is 9.47 Å². The normalized spacial score (nSPS) is 23.9. The molecule has 0 N–H and O–H groups in total. The van der Waals surface area contributed by atoms with Gasteiger partial charge < -0.3 is 14.4 Å². The molecule has 1 fully saturated rings. The van der Waals surface area contributed by atoms with Crippen LogP contribution in [0.3, 0.4) is 0 Å². The summed E-state index contributed by atoms with van der Waals surface area (Å²) in [6.07, 6.45) is 2.02. The number of amides is 2. The summed E-state index contributed by atoms with van der Waals surface area (Å²) >= 11 is 0. The van der Waals surface area contributed by atoms with E-state index < -0.39 is 11.1 Å². The van der Waals surface area contributed by atoms with Crippen molar-refractivity contribution in [3.05, 3.63) is 0 Å². The molecule has 6 heteroatoms. The van der Waals surface area contributed by atoms with Crippen LogP contribution < -0.4 is 0 Å². The lowest BCUT2D eigenvalue weighted by Gasteiger charge is -2.39. The molecule has 0 aliphatic carbocycles. The number of nitrogens with zero attached hydrogens (tertiary/aromatic N) is 2. The highest BCUT2D eigenvalue weighted by atomic mass is 16.6. The van der Waals surface area contributed by atoms with Gasteiger partial charge in [-0.2, -0.15) is 0 Å². The zero-order valence-corrected chi connectivity index (χ0v) is 17.2. The lowest BCUT2D eigenvalue weighted by atomic mass is 9.85. The second-order valence-electron chi connectivity index (χ2n) is 8.81. The van der Waals surface area contributed by atoms with Crippen LogP contribution in [0.5, 0.6) is 0 Å². The van der Waals surface area contributed by atoms with Gasteiger partial charge in [0.15, 0.2) is 0 Å². The average Bonchev–Trinajstić information content (AvgIpc) is 2.83. The largest absolute Gasteiger partial charge is 0.444 e. The Balaban J connectivity index is 3.14. The number of ether oxygens (including phenoxy) is 2. The van der Waals surface area contributed by atoms with Crippen LogP contribution in [0, 0.1) is 11.8 Å². The molecule has 6 nitrogen and oxygen atoms in total. The molecule has 0 unspecified atom stereocenters. The smallest absolute Gasteiger partial charge is 0.410 e. The van der Waals surface area contributed by atoms with Crippen molar-refractivity contribution in [1.82, 2.24) is 9.80 Å². The van der Waals surface area contributed by atoms with E-state index in [9.17, 15) is 9.59 Å². The summed E-state index contributed by atoms with van der Waals surface area (Å²) in [6.45, 7) is 10.7. The SMILES string of the molecule is COC[C@]1(CCC(C)C)C[C@H](C(=O)N(C)C)CN1C(=O)OC(C)(C)C. The highest BCUT2D eigenvalue weighted by Gasteiger charge is 2.51. The van der Waals surface area contributed by atoms with Gasteiger partial charge in [-0.15, -0.1) is 0 Å². The second-order valence-corrected chi connectivity index (χ2v) is 8.81. The van der Waals surface area contributed by atoms with Crippen LogP contribution in [0.15, 0.2) is 0 Å². The van der Waals surface area contributed by atoms with E-state index in [0.717, 1.165) is 12.8 Å². The van der Waals surface area contributed by atoms with Gasteiger partial charge in [0, 0.05) is 27.7 Å². The lowest BCUT2D eigenvalue weighted by Crippen LogP contribution is -2.52. The molecule has 0 saturated carbocycles. The fourth-order valence-corrected chi connectivity index (χ4v) is 3.44. The Labute approximate surface area is 152 Å². The zero-order valence-electron chi connectivity index (χ0n) is 17.2. The Morgan fingerprint density at radius 3 is 2.32 bits per heavy atom. The standard InChI is InChI=1S/C19H36N2O4/c1-14(2)9-10-19(13-24-8)11-15(16(22)20(6)7)12-21(19)17(23)25-18(3,4)5/h14-15H,9-13H2,1-8H3/t15-,19-/m0/s1. The molecule has 0 aromatic rings. The van der Waals surface area contributed by atoms with Crippen molar-refractivity contribution >= 4 is 12.0 Å². The van der Waals surface area contributed by atoms with Crippen molar-refractivity contribution in [3.8, 4) is 0 Å². The fraction of sp³-hybridized carbons (Fsp3) is 0.895. The molecule has 0 radical (unpaired) electrons. The van der Waals surface area contributed by atoms with E-state index in [-0.39, 0.29) is 17.9 Å². The monoisotopic (exact) mass is 356 g/mol. The van der Waals surface area contributed by atoms with Gasteiger partial charge in [0.05, 0.1) is 18.1 Å². The third-order valence-electron chi connectivity index (χ3n) is 4.61. The molecule has 1 saturated heterocycles. The topological polar surface area (TPSA) is 59.1 Å². The first-order valence-corrected chi connectivity index (χ1v) is 9.12. The predicted octanol–water partition coefficient (Wildman–Crippen LogP) is 3.15. The van der Waals surface area contributed by atoms with Crippen LogP contribution in [0.1, 0.15) is 53.9 Å². The van der Waals surface area contributed by atoms with Crippen molar-refractivity contribution in [2.75, 3.05) is 34.4 Å². The lowest BCUT2D eigenvalue weighted by molar-refractivity contribution is -0.132. The number of hydrogen-bond acceptors (Lipinski definition) is 4. The number of hydrogen-bond donors (Lipinski definition) is 0. The number of carbonyl (C=O) groups excluding carboxylic acids is 2. The first-order chi connectivity index (χ1) is 11.4. The van der Waals surface area contributed by atoms with Gasteiger partial charge in [-0.25, -0.2) is 4.79 Å². The van der Waals surface area contributed by atoms with Gasteiger partial charge in [-0.1, -0.05) is 13.8 Å². The van der Waals surface area contributed by atoms with Gasteiger partial charge in [-0.3, -0.25) is 9.69 Å². The summed E-state index contributed by atoms with van der Waals surface area (Å²) in [5, 5.41) is 0. The zero-order chi connectivity index (χ0) is 19.4. The molecule has 0 bridgehead atoms. The summed E-state index contributed by atoms with van der Waals surface area (Å²) in [6, 6.07) is 0. The van der Waals surface area contributed by atoms with E-state index in [1.807, 2.05) is 20.8 Å². The van der Waals surface area contributed by atoms with E-state index in [0.29, 0.717) is 25.5 Å². The van der Waals surface area contributed by atoms with Crippen LogP contribution in [-0.4, -0.2) is 67.3 Å². The summed E-state index contributed by atoms with van der Waals surface area (Å²) < 4.78 is 11.1. The number of methoxy groups -OCH3 is 1. The summed E-state index contributed by atoms with van der Waals surface area (Å²) in [4.78, 5) is 28.7. The Kier molecular flexibility index (Phi) is 7.29. The Bertz CT molecular complexity index is 471. The first kappa shape index (κ1) is 21.7. The molecule has 1 heterocycles. The molecule has 0 aromatic carbocycles. The molecule has 1 rings (SSSR count). The summed E-state index contributed by atoms with van der Waals surface area (Å²) in [5.74, 6) is 0.346. The van der Waals surface area contributed by atoms with Crippen LogP contribution in [0.25, 0.3) is 0 Å². The molecule has 0 aromatic heterocycles. The van der Waals surface area contributed by atoms with Crippen molar-refractivity contribution in [2.45, 2.75) is 65.0 Å². The Morgan fingerprint density at radius 1 is 1.28 bits per heavy atom. The van der Waals surface area contributed by atoms with Gasteiger partial charge >= 0.3 is 6.09 Å². The summed E-state index contributed by atoms with van der Waals surface area (Å²) in [7, 11) is 5.15. The van der Waals surface area contributed by atoms with Gasteiger partial charge in [0.2, 0.25) is 5.91 Å². The first-order valence-electron chi connectivity index (χ1n) is 9.12. The van der Waals surface area contributed by atoms with Crippen LogP contribution in [0.2, 0.25) is 0 Å². The highest BCUT2D eigenvalue weighted by molar-refractivity contribution is 5.81. The number of carbonyl (C=O) groups is 2. The quantitative estimate of drug-likeness (QED) is 0.733. The maximum atomic E-state index is 12.9. The minimum Gasteiger partial charge on any atom is -0.444 e. The Morgan fingerprint density at radius 2 is 1.88 bits per heavy atom. The van der Waals surface area contributed by atoms with Crippen molar-refractivity contribution < 1.29 is 19.1 Å². The highest BCUT2D eigenvalue weighted by Crippen LogP contribution is 2.39. The maximum absolute atomic E-state index is 12.9. The minimum absolute atomic E-state index is 0.0519. The van der Waals surface area contributed by atoms with E-state index >= 15 is 0 Å². The summed E-state index contributed by atoms with van der Waals surface area (Å²) in [5.41, 5.74) is -1.06. The van der Waals surface area contributed by atoms with Crippen LogP contribution in [-0.2, 0) is 14.3 Å². The van der Waals surface area contributed by atoms with Crippen molar-refractivity contribution in [3.63, 3.8) is 0 Å². The van der Waals surface area contributed by atoms with Gasteiger partial charge in [0.25, 0.3) is 0 Å². The molecular weight excluding hydrogens is 320 g/mol. The number of likely N-dealkylation sites (tertiary alicyclic amines) is 1. The Hall–Kier alpha value is -1.30. The van der Waals surface area contributed by atoms with Crippen molar-refractivity contribution in [1.29, 1.82) is 0 Å². The third-order valence-corrected chi connectivity index (χ3v) is 4.61. The molecule has 146 valence electrons. The minimum atomic E-state index is -0.572. The van der Waals surface area contributed by atoms with Crippen LogP contribution in [0.4, 0.5) is 4.79 Å². The number of rotatable bonds is 6. The second kappa shape index (κ2) is 8.39. The average molecular weight is 357 g/mol. The molecule has 2 amide bonds. The molecule has 1 aliphatic heterocycles. The van der Waals surface area contributed by atoms with Crippen LogP contribution >= 0.6 is 0 Å². The van der Waals surface area contributed by atoms with E-state index in [1.165, 1.54) is 0 Å². The van der Waals surface area contributed by atoms with E-state index in [2.05, 4.69) is 13.8 Å².